The molecule has 2 rings (SSSR count). The van der Waals surface area contributed by atoms with Gasteiger partial charge in [-0.05, 0) is 24.0 Å². The summed E-state index contributed by atoms with van der Waals surface area (Å²) in [6.45, 7) is 2.14. The molecule has 1 N–H and O–H groups in total. The van der Waals surface area contributed by atoms with E-state index >= 15 is 0 Å². The van der Waals surface area contributed by atoms with E-state index in [-0.39, 0.29) is 24.8 Å². The van der Waals surface area contributed by atoms with Crippen molar-refractivity contribution in [2.45, 2.75) is 13.3 Å². The van der Waals surface area contributed by atoms with E-state index < -0.39 is 21.9 Å². The SMILES string of the molecule is C[C@@H]1CN(S(=O)(=O)CCc2ccccc2Br)C[C@H]1C(=O)O. The molecule has 0 aromatic heterocycles. The first-order chi connectivity index (χ1) is 9.81. The van der Waals surface area contributed by atoms with Crippen LogP contribution in [0.5, 0.6) is 0 Å². The summed E-state index contributed by atoms with van der Waals surface area (Å²) in [5.74, 6) is -1.69. The van der Waals surface area contributed by atoms with Gasteiger partial charge in [-0.1, -0.05) is 41.1 Å². The van der Waals surface area contributed by atoms with E-state index in [1.165, 1.54) is 4.31 Å². The number of aryl methyl sites for hydroxylation is 1. The molecule has 1 aromatic rings. The minimum Gasteiger partial charge on any atom is -0.481 e. The number of hydrogen-bond acceptors (Lipinski definition) is 3. The van der Waals surface area contributed by atoms with Crippen molar-refractivity contribution in [3.63, 3.8) is 0 Å². The van der Waals surface area contributed by atoms with Crippen molar-refractivity contribution in [1.82, 2.24) is 4.31 Å². The maximum Gasteiger partial charge on any atom is 0.308 e. The highest BCUT2D eigenvalue weighted by atomic mass is 79.9. The molecule has 1 aromatic carbocycles. The third-order valence-electron chi connectivity index (χ3n) is 3.88. The fourth-order valence-electron chi connectivity index (χ4n) is 2.54. The quantitative estimate of drug-likeness (QED) is 0.853. The number of benzene rings is 1. The van der Waals surface area contributed by atoms with Gasteiger partial charge in [0, 0.05) is 17.6 Å². The van der Waals surface area contributed by atoms with E-state index in [2.05, 4.69) is 15.9 Å². The number of nitrogens with zero attached hydrogens (tertiary/aromatic N) is 1. The largest absolute Gasteiger partial charge is 0.481 e. The van der Waals surface area contributed by atoms with Gasteiger partial charge in [-0.15, -0.1) is 0 Å². The van der Waals surface area contributed by atoms with Gasteiger partial charge in [0.2, 0.25) is 10.0 Å². The molecule has 2 atom stereocenters. The van der Waals surface area contributed by atoms with Crippen molar-refractivity contribution in [2.24, 2.45) is 11.8 Å². The van der Waals surface area contributed by atoms with Crippen LogP contribution in [0.15, 0.2) is 28.7 Å². The molecule has 116 valence electrons. The molecule has 7 heteroatoms. The average Bonchev–Trinajstić information content (AvgIpc) is 2.81. The fourth-order valence-corrected chi connectivity index (χ4v) is 4.61. The third kappa shape index (κ3) is 3.84. The van der Waals surface area contributed by atoms with Gasteiger partial charge in [0.1, 0.15) is 0 Å². The van der Waals surface area contributed by atoms with E-state index in [1.54, 1.807) is 6.92 Å². The Bertz CT molecular complexity index is 632. The summed E-state index contributed by atoms with van der Waals surface area (Å²) >= 11 is 3.40. The van der Waals surface area contributed by atoms with Crippen molar-refractivity contribution in [3.8, 4) is 0 Å². The smallest absolute Gasteiger partial charge is 0.308 e. The number of carboxylic acids is 1. The van der Waals surface area contributed by atoms with Gasteiger partial charge < -0.3 is 5.11 Å². The zero-order chi connectivity index (χ0) is 15.6. The number of hydrogen-bond donors (Lipinski definition) is 1. The van der Waals surface area contributed by atoms with Crippen LogP contribution in [0.25, 0.3) is 0 Å². The first kappa shape index (κ1) is 16.5. The lowest BCUT2D eigenvalue weighted by atomic mass is 9.99. The third-order valence-corrected chi connectivity index (χ3v) is 6.46. The van der Waals surface area contributed by atoms with Crippen LogP contribution >= 0.6 is 15.9 Å². The minimum absolute atomic E-state index is 0.00529. The molecule has 0 spiro atoms. The number of sulfonamides is 1. The monoisotopic (exact) mass is 375 g/mol. The first-order valence-corrected chi connectivity index (χ1v) is 9.15. The summed E-state index contributed by atoms with van der Waals surface area (Å²) in [4.78, 5) is 11.1. The molecular weight excluding hydrogens is 358 g/mol. The molecule has 1 fully saturated rings. The first-order valence-electron chi connectivity index (χ1n) is 6.75. The summed E-state index contributed by atoms with van der Waals surface area (Å²) < 4.78 is 26.9. The van der Waals surface area contributed by atoms with Crippen LogP contribution in [0, 0.1) is 11.8 Å². The highest BCUT2D eigenvalue weighted by Crippen LogP contribution is 2.26. The van der Waals surface area contributed by atoms with Crippen LogP contribution in [-0.2, 0) is 21.2 Å². The number of halogens is 1. The van der Waals surface area contributed by atoms with E-state index in [0.717, 1.165) is 10.0 Å². The Kier molecular flexibility index (Phi) is 5.06. The second-order valence-electron chi connectivity index (χ2n) is 5.40. The van der Waals surface area contributed by atoms with Crippen LogP contribution in [0.4, 0.5) is 0 Å². The lowest BCUT2D eigenvalue weighted by Crippen LogP contribution is -2.32. The predicted molar refractivity (Wildman–Crippen MR) is 83.5 cm³/mol. The molecule has 1 aliphatic rings. The van der Waals surface area contributed by atoms with Gasteiger partial charge in [0.15, 0.2) is 0 Å². The molecule has 0 unspecified atom stereocenters. The standard InChI is InChI=1S/C14H18BrNO4S/c1-10-8-16(9-12(10)14(17)18)21(19,20)7-6-11-4-2-3-5-13(11)15/h2-5,10,12H,6-9H2,1H3,(H,17,18)/t10-,12-/m1/s1. The number of carboxylic acid groups (broad SMARTS) is 1. The van der Waals surface area contributed by atoms with Crippen LogP contribution in [-0.4, -0.2) is 42.6 Å². The van der Waals surface area contributed by atoms with Crippen LogP contribution in [0.3, 0.4) is 0 Å². The molecular formula is C14H18BrNO4S. The van der Waals surface area contributed by atoms with E-state index in [4.69, 9.17) is 5.11 Å². The minimum atomic E-state index is -3.43. The van der Waals surface area contributed by atoms with Crippen LogP contribution in [0.1, 0.15) is 12.5 Å². The number of aliphatic carboxylic acids is 1. The maximum atomic E-state index is 12.3. The Labute approximate surface area is 133 Å². The summed E-state index contributed by atoms with van der Waals surface area (Å²) in [7, 11) is -3.43. The van der Waals surface area contributed by atoms with Crippen LogP contribution in [0.2, 0.25) is 0 Å². The van der Waals surface area contributed by atoms with E-state index in [1.807, 2.05) is 24.3 Å². The Balaban J connectivity index is 2.03. The predicted octanol–water partition coefficient (Wildman–Crippen LogP) is 1.97. The normalized spacial score (nSPS) is 23.3. The summed E-state index contributed by atoms with van der Waals surface area (Å²) in [5.41, 5.74) is 0.933. The lowest BCUT2D eigenvalue weighted by Gasteiger charge is -2.16. The van der Waals surface area contributed by atoms with Gasteiger partial charge in [0.05, 0.1) is 11.7 Å². The molecule has 0 amide bonds. The van der Waals surface area contributed by atoms with Crippen molar-refractivity contribution >= 4 is 31.9 Å². The Hall–Kier alpha value is -0.920. The average molecular weight is 376 g/mol. The van der Waals surface area contributed by atoms with Crippen molar-refractivity contribution < 1.29 is 18.3 Å². The Morgan fingerprint density at radius 2 is 2.05 bits per heavy atom. The number of rotatable bonds is 5. The highest BCUT2D eigenvalue weighted by molar-refractivity contribution is 9.10. The van der Waals surface area contributed by atoms with E-state index in [0.29, 0.717) is 6.42 Å². The number of carbonyl (C=O) groups is 1. The molecule has 5 nitrogen and oxygen atoms in total. The zero-order valence-corrected chi connectivity index (χ0v) is 14.1. The lowest BCUT2D eigenvalue weighted by molar-refractivity contribution is -0.142. The van der Waals surface area contributed by atoms with Crippen molar-refractivity contribution in [1.29, 1.82) is 0 Å². The topological polar surface area (TPSA) is 74.7 Å². The van der Waals surface area contributed by atoms with Crippen LogP contribution < -0.4 is 0 Å². The molecule has 1 saturated heterocycles. The summed E-state index contributed by atoms with van der Waals surface area (Å²) in [5, 5.41) is 9.08. The Morgan fingerprint density at radius 3 is 2.62 bits per heavy atom. The molecule has 1 heterocycles. The molecule has 0 aliphatic carbocycles. The maximum absolute atomic E-state index is 12.3. The van der Waals surface area contributed by atoms with Gasteiger partial charge in [-0.3, -0.25) is 4.79 Å². The van der Waals surface area contributed by atoms with Crippen molar-refractivity contribution in [2.75, 3.05) is 18.8 Å². The molecule has 0 bridgehead atoms. The van der Waals surface area contributed by atoms with Gasteiger partial charge in [-0.2, -0.15) is 0 Å². The summed E-state index contributed by atoms with van der Waals surface area (Å²) in [6.07, 6.45) is 0.409. The fraction of sp³-hybridized carbons (Fsp3) is 0.500. The molecule has 0 saturated carbocycles. The molecule has 21 heavy (non-hydrogen) atoms. The molecule has 0 radical (unpaired) electrons. The van der Waals surface area contributed by atoms with E-state index in [9.17, 15) is 13.2 Å². The summed E-state index contributed by atoms with van der Waals surface area (Å²) in [6, 6.07) is 7.50. The van der Waals surface area contributed by atoms with Gasteiger partial charge >= 0.3 is 5.97 Å². The second-order valence-corrected chi connectivity index (χ2v) is 8.34. The molecule has 1 aliphatic heterocycles. The Morgan fingerprint density at radius 1 is 1.38 bits per heavy atom. The van der Waals surface area contributed by atoms with Crippen molar-refractivity contribution in [3.05, 3.63) is 34.3 Å². The van der Waals surface area contributed by atoms with Gasteiger partial charge in [0.25, 0.3) is 0 Å². The van der Waals surface area contributed by atoms with Gasteiger partial charge in [-0.25, -0.2) is 12.7 Å². The second kappa shape index (κ2) is 6.46. The zero-order valence-electron chi connectivity index (χ0n) is 11.7. The highest BCUT2D eigenvalue weighted by Gasteiger charge is 2.39.